The van der Waals surface area contributed by atoms with Gasteiger partial charge in [-0.25, -0.2) is 13.9 Å². The Labute approximate surface area is 224 Å². The smallest absolute Gasteiger partial charge is 0.269 e. The average molecular weight is 568 g/mol. The largest absolute Gasteiger partial charge is 0.364 e. The zero-order valence-electron chi connectivity index (χ0n) is 20.7. The summed E-state index contributed by atoms with van der Waals surface area (Å²) in [7, 11) is 0. The van der Waals surface area contributed by atoms with E-state index in [-0.39, 0.29) is 39.7 Å². The van der Waals surface area contributed by atoms with E-state index in [0.29, 0.717) is 5.69 Å². The summed E-state index contributed by atoms with van der Waals surface area (Å²) in [5.74, 6) is -2.05. The summed E-state index contributed by atoms with van der Waals surface area (Å²) in [5, 5.41) is 18.0. The van der Waals surface area contributed by atoms with Gasteiger partial charge in [0.2, 0.25) is 12.3 Å². The van der Waals surface area contributed by atoms with Crippen LogP contribution in [0, 0.1) is 30.6 Å². The molecule has 5 rings (SSSR count). The molecule has 208 valence electrons. The highest BCUT2D eigenvalue weighted by atomic mass is 35.5. The highest BCUT2D eigenvalue weighted by Crippen LogP contribution is 2.51. The number of nitrogens with zero attached hydrogens (tertiary/aromatic N) is 4. The van der Waals surface area contributed by atoms with Gasteiger partial charge in [-0.2, -0.15) is 9.49 Å². The molecule has 0 saturated heterocycles. The molecule has 3 aromatic heterocycles. The number of H-pyrrole nitrogens is 1. The molecule has 0 radical (unpaired) electrons. The van der Waals surface area contributed by atoms with Crippen LogP contribution in [0.4, 0.5) is 18.9 Å². The van der Waals surface area contributed by atoms with Crippen molar-refractivity contribution < 1.29 is 27.3 Å². The molecule has 2 aliphatic carbocycles. The van der Waals surface area contributed by atoms with Crippen molar-refractivity contribution in [1.82, 2.24) is 30.5 Å². The van der Waals surface area contributed by atoms with Gasteiger partial charge >= 0.3 is 0 Å². The molecular weight excluding hydrogens is 543 g/mol. The number of alkyl halides is 2. The van der Waals surface area contributed by atoms with Gasteiger partial charge in [-0.05, 0) is 56.4 Å². The standard InChI is InChI=1S/C24H25ClF3N7O4/c1-10-14(9-39-34-10)22(36)30-20(19(11-2-3-11)12-4-5-12)24(38)29-15-8-35(33-21(15)28)16(7-18(26)27)13-6-17(25)31-32-23(13)37/h6,8-9,11-12,16,18-20H,2-5,7H2,1H3,(H,29,38)(H,30,36)(H,32,37)/t16-,20-/m0/s1. The van der Waals surface area contributed by atoms with Crippen molar-refractivity contribution >= 4 is 29.1 Å². The van der Waals surface area contributed by atoms with E-state index in [9.17, 15) is 27.6 Å². The lowest BCUT2D eigenvalue weighted by Gasteiger charge is -2.27. The van der Waals surface area contributed by atoms with Gasteiger partial charge in [-0.1, -0.05) is 16.8 Å². The number of hydrogen-bond acceptors (Lipinski definition) is 7. The first-order valence-corrected chi connectivity index (χ1v) is 12.8. The molecule has 2 atom stereocenters. The van der Waals surface area contributed by atoms with Crippen molar-refractivity contribution in [3.63, 3.8) is 0 Å². The highest BCUT2D eigenvalue weighted by Gasteiger charge is 2.48. The minimum Gasteiger partial charge on any atom is -0.364 e. The summed E-state index contributed by atoms with van der Waals surface area (Å²) in [6.07, 6.45) is 2.12. The van der Waals surface area contributed by atoms with Gasteiger partial charge in [-0.15, -0.1) is 5.10 Å². The molecule has 0 spiro atoms. The Morgan fingerprint density at radius 2 is 1.95 bits per heavy atom. The van der Waals surface area contributed by atoms with Crippen molar-refractivity contribution in [2.24, 2.45) is 17.8 Å². The summed E-state index contributed by atoms with van der Waals surface area (Å²) < 4.78 is 47.5. The number of aromatic nitrogens is 5. The fourth-order valence-corrected chi connectivity index (χ4v) is 5.13. The third-order valence-corrected chi connectivity index (χ3v) is 7.30. The Hall–Kier alpha value is -3.68. The van der Waals surface area contributed by atoms with E-state index in [1.165, 1.54) is 6.26 Å². The van der Waals surface area contributed by atoms with E-state index in [4.69, 9.17) is 16.1 Å². The summed E-state index contributed by atoms with van der Waals surface area (Å²) in [4.78, 5) is 38.8. The number of hydrogen-bond donors (Lipinski definition) is 3. The first-order valence-electron chi connectivity index (χ1n) is 12.4. The molecule has 39 heavy (non-hydrogen) atoms. The van der Waals surface area contributed by atoms with Crippen LogP contribution in [0.1, 0.15) is 59.8 Å². The molecule has 0 aliphatic heterocycles. The molecule has 0 unspecified atom stereocenters. The molecule has 2 aliphatic rings. The van der Waals surface area contributed by atoms with Crippen LogP contribution in [0.25, 0.3) is 0 Å². The Balaban J connectivity index is 1.42. The lowest BCUT2D eigenvalue weighted by atomic mass is 9.88. The second-order valence-corrected chi connectivity index (χ2v) is 10.3. The second kappa shape index (κ2) is 10.8. The Bertz CT molecular complexity index is 1420. The van der Waals surface area contributed by atoms with Crippen molar-refractivity contribution in [2.45, 2.75) is 57.5 Å². The lowest BCUT2D eigenvalue weighted by molar-refractivity contribution is -0.119. The van der Waals surface area contributed by atoms with Crippen LogP contribution in [0.2, 0.25) is 5.15 Å². The molecule has 3 N–H and O–H groups in total. The average Bonchev–Trinajstić information content (AvgIpc) is 3.81. The maximum Gasteiger partial charge on any atom is 0.269 e. The van der Waals surface area contributed by atoms with Crippen LogP contribution < -0.4 is 16.2 Å². The van der Waals surface area contributed by atoms with Gasteiger partial charge in [0, 0.05) is 12.0 Å². The molecule has 3 aromatic rings. The third kappa shape index (κ3) is 6.00. The molecule has 2 saturated carbocycles. The van der Waals surface area contributed by atoms with Crippen molar-refractivity contribution in [2.75, 3.05) is 5.32 Å². The summed E-state index contributed by atoms with van der Waals surface area (Å²) in [6.45, 7) is 1.59. The number of aromatic amines is 1. The zero-order valence-corrected chi connectivity index (χ0v) is 21.4. The summed E-state index contributed by atoms with van der Waals surface area (Å²) >= 11 is 5.83. The fraction of sp³-hybridized carbons (Fsp3) is 0.500. The van der Waals surface area contributed by atoms with Gasteiger partial charge in [0.15, 0.2) is 0 Å². The van der Waals surface area contributed by atoms with Gasteiger partial charge < -0.3 is 15.2 Å². The molecule has 3 heterocycles. The quantitative estimate of drug-likeness (QED) is 0.321. The number of halogens is 4. The van der Waals surface area contributed by atoms with E-state index in [2.05, 4.69) is 31.1 Å². The van der Waals surface area contributed by atoms with E-state index < -0.39 is 48.3 Å². The molecule has 2 fully saturated rings. The van der Waals surface area contributed by atoms with Crippen LogP contribution in [-0.4, -0.2) is 49.4 Å². The predicted molar refractivity (Wildman–Crippen MR) is 131 cm³/mol. The number of rotatable bonds is 11. The lowest BCUT2D eigenvalue weighted by Crippen LogP contribution is -2.50. The monoisotopic (exact) mass is 567 g/mol. The molecule has 15 heteroatoms. The van der Waals surface area contributed by atoms with Gasteiger partial charge in [0.1, 0.15) is 28.7 Å². The first-order chi connectivity index (χ1) is 18.6. The number of amides is 2. The van der Waals surface area contributed by atoms with Crippen LogP contribution in [0.5, 0.6) is 0 Å². The van der Waals surface area contributed by atoms with Gasteiger partial charge in [0.05, 0.1) is 17.9 Å². The van der Waals surface area contributed by atoms with Crippen molar-refractivity contribution in [3.05, 3.63) is 56.8 Å². The van der Waals surface area contributed by atoms with Gasteiger partial charge in [-0.3, -0.25) is 19.1 Å². The Kier molecular flexibility index (Phi) is 7.47. The van der Waals surface area contributed by atoms with Crippen molar-refractivity contribution in [3.8, 4) is 0 Å². The topological polar surface area (TPSA) is 148 Å². The zero-order chi connectivity index (χ0) is 27.8. The summed E-state index contributed by atoms with van der Waals surface area (Å²) in [5.41, 5.74) is -0.859. The van der Waals surface area contributed by atoms with E-state index >= 15 is 0 Å². The van der Waals surface area contributed by atoms with Crippen LogP contribution in [0.3, 0.4) is 0 Å². The maximum absolute atomic E-state index is 14.9. The highest BCUT2D eigenvalue weighted by molar-refractivity contribution is 6.29. The maximum atomic E-state index is 14.9. The van der Waals surface area contributed by atoms with Crippen LogP contribution >= 0.6 is 11.6 Å². The molecule has 0 bridgehead atoms. The number of carbonyl (C=O) groups is 2. The summed E-state index contributed by atoms with van der Waals surface area (Å²) in [6, 6.07) is -1.29. The second-order valence-electron chi connectivity index (χ2n) is 9.94. The fourth-order valence-electron chi connectivity index (χ4n) is 4.97. The number of aryl methyl sites for hydroxylation is 1. The third-order valence-electron chi connectivity index (χ3n) is 7.11. The van der Waals surface area contributed by atoms with E-state index in [1.54, 1.807) is 6.92 Å². The predicted octanol–water partition coefficient (Wildman–Crippen LogP) is 3.47. The number of anilines is 1. The molecule has 0 aromatic carbocycles. The Morgan fingerprint density at radius 1 is 1.26 bits per heavy atom. The number of carbonyl (C=O) groups excluding carboxylic acids is 2. The molecule has 2 amide bonds. The molecule has 11 nitrogen and oxygen atoms in total. The first kappa shape index (κ1) is 26.9. The minimum absolute atomic E-state index is 0.155. The van der Waals surface area contributed by atoms with Crippen LogP contribution in [0.15, 0.2) is 27.8 Å². The number of nitrogens with one attached hydrogen (secondary N) is 3. The van der Waals surface area contributed by atoms with Crippen LogP contribution in [-0.2, 0) is 4.79 Å². The van der Waals surface area contributed by atoms with E-state index in [0.717, 1.165) is 42.6 Å². The normalized spacial score (nSPS) is 16.9. The van der Waals surface area contributed by atoms with Gasteiger partial charge in [0.25, 0.3) is 17.4 Å². The SMILES string of the molecule is Cc1nocc1C(=O)N[C@H](C(=O)Nc1cn([C@@H](CC(F)F)c2cc(Cl)n[nH]c2=O)nc1F)C(C1CC1)C1CC1. The molecular formula is C24H25ClF3N7O4. The van der Waals surface area contributed by atoms with E-state index in [1.807, 2.05) is 0 Å². The Morgan fingerprint density at radius 3 is 2.54 bits per heavy atom. The van der Waals surface area contributed by atoms with Crippen molar-refractivity contribution in [1.29, 1.82) is 0 Å². The minimum atomic E-state index is -2.87.